The number of cyclic esters (lactones) is 2. The second-order valence-corrected chi connectivity index (χ2v) is 5.36. The highest BCUT2D eigenvalue weighted by Crippen LogP contribution is 2.28. The summed E-state index contributed by atoms with van der Waals surface area (Å²) in [5, 5.41) is 10.1. The molecule has 110 valence electrons. The van der Waals surface area contributed by atoms with Gasteiger partial charge in [-0.15, -0.1) is 11.6 Å². The van der Waals surface area contributed by atoms with E-state index in [1.165, 1.54) is 0 Å². The largest absolute Gasteiger partial charge is 0.508 e. The molecule has 0 aliphatic carbocycles. The summed E-state index contributed by atoms with van der Waals surface area (Å²) in [6.07, 6.45) is -1.80. The summed E-state index contributed by atoms with van der Waals surface area (Å²) in [4.78, 5) is 10.8. The molecule has 0 bridgehead atoms. The van der Waals surface area contributed by atoms with Gasteiger partial charge in [0.25, 0.3) is 0 Å². The highest BCUT2D eigenvalue weighted by atomic mass is 35.5. The molecular weight excluding hydrogens is 284 g/mol. The van der Waals surface area contributed by atoms with Crippen LogP contribution in [0.2, 0.25) is 0 Å². The summed E-state index contributed by atoms with van der Waals surface area (Å²) in [7, 11) is 0. The average Bonchev–Trinajstić information content (AvgIpc) is 2.48. The zero-order chi connectivity index (χ0) is 14.6. The number of hydrogen-bond donors (Lipinski definition) is 1. The minimum absolute atomic E-state index is 0.0676. The molecular formula is C14H17ClO5. The van der Waals surface area contributed by atoms with Gasteiger partial charge in [0.2, 0.25) is 0 Å². The van der Waals surface area contributed by atoms with Gasteiger partial charge in [-0.1, -0.05) is 24.3 Å². The lowest BCUT2D eigenvalue weighted by molar-refractivity contribution is -0.216. The Kier molecular flexibility index (Phi) is 4.86. The monoisotopic (exact) mass is 300 g/mol. The molecule has 2 rings (SSSR count). The number of hydrogen-bond acceptors (Lipinski definition) is 5. The maximum atomic E-state index is 10.8. The number of halogens is 1. The van der Waals surface area contributed by atoms with Gasteiger partial charge in [-0.05, 0) is 18.1 Å². The fourth-order valence-corrected chi connectivity index (χ4v) is 1.95. The zero-order valence-electron chi connectivity index (χ0n) is 11.2. The van der Waals surface area contributed by atoms with E-state index in [9.17, 15) is 9.90 Å². The second-order valence-electron chi connectivity index (χ2n) is 5.09. The van der Waals surface area contributed by atoms with Gasteiger partial charge in [-0.25, -0.2) is 4.79 Å². The Balaban J connectivity index is 1.87. The fraction of sp³-hybridized carbons (Fsp3) is 0.500. The van der Waals surface area contributed by atoms with Gasteiger partial charge >= 0.3 is 6.16 Å². The Labute approximate surface area is 122 Å². The van der Waals surface area contributed by atoms with Crippen molar-refractivity contribution in [2.75, 3.05) is 13.2 Å². The van der Waals surface area contributed by atoms with E-state index in [0.29, 0.717) is 5.88 Å². The van der Waals surface area contributed by atoms with Crippen LogP contribution in [0.25, 0.3) is 0 Å². The van der Waals surface area contributed by atoms with Crippen molar-refractivity contribution in [2.24, 2.45) is 5.41 Å². The Morgan fingerprint density at radius 3 is 2.40 bits per heavy atom. The van der Waals surface area contributed by atoms with Crippen molar-refractivity contribution in [1.82, 2.24) is 0 Å². The molecule has 5 nitrogen and oxygen atoms in total. The van der Waals surface area contributed by atoms with Crippen LogP contribution >= 0.6 is 11.6 Å². The molecule has 0 saturated carbocycles. The fourth-order valence-electron chi connectivity index (χ4n) is 1.77. The summed E-state index contributed by atoms with van der Waals surface area (Å²) in [5.74, 6) is 0.463. The van der Waals surface area contributed by atoms with E-state index >= 15 is 0 Å². The highest BCUT2D eigenvalue weighted by Gasteiger charge is 2.40. The molecule has 1 aliphatic rings. The van der Waals surface area contributed by atoms with E-state index in [2.05, 4.69) is 0 Å². The number of alkyl halides is 1. The molecule has 20 heavy (non-hydrogen) atoms. The van der Waals surface area contributed by atoms with Crippen molar-refractivity contribution in [2.45, 2.75) is 25.7 Å². The lowest BCUT2D eigenvalue weighted by Gasteiger charge is -2.35. The van der Waals surface area contributed by atoms with Gasteiger partial charge in [-0.2, -0.15) is 0 Å². The third-order valence-electron chi connectivity index (χ3n) is 3.22. The van der Waals surface area contributed by atoms with E-state index in [4.69, 9.17) is 25.8 Å². The van der Waals surface area contributed by atoms with Crippen molar-refractivity contribution >= 4 is 17.8 Å². The highest BCUT2D eigenvalue weighted by molar-refractivity contribution is 6.17. The zero-order valence-corrected chi connectivity index (χ0v) is 11.9. The smallest absolute Gasteiger partial charge is 0.433 e. The minimum Gasteiger partial charge on any atom is -0.433 e. The van der Waals surface area contributed by atoms with Crippen LogP contribution in [0.15, 0.2) is 24.3 Å². The average molecular weight is 301 g/mol. The molecule has 1 aromatic carbocycles. The number of carbonyl (C=O) groups is 1. The number of carbonyl (C=O) groups excluding carboxylic acids is 1. The molecule has 1 atom stereocenters. The lowest BCUT2D eigenvalue weighted by atomic mass is 9.91. The molecule has 1 saturated heterocycles. The van der Waals surface area contributed by atoms with Gasteiger partial charge in [-0.3, -0.25) is 0 Å². The van der Waals surface area contributed by atoms with E-state index in [1.807, 2.05) is 24.3 Å². The molecule has 1 aromatic rings. The summed E-state index contributed by atoms with van der Waals surface area (Å²) in [5.41, 5.74) is 1.19. The van der Waals surface area contributed by atoms with Crippen molar-refractivity contribution in [1.29, 1.82) is 0 Å². The number of aliphatic hydroxyl groups is 1. The van der Waals surface area contributed by atoms with Crippen molar-refractivity contribution < 1.29 is 24.1 Å². The minimum atomic E-state index is -1.08. The summed E-state index contributed by atoms with van der Waals surface area (Å²) in [6.45, 7) is 2.13. The Bertz CT molecular complexity index is 449. The first-order valence-electron chi connectivity index (χ1n) is 6.26. The van der Waals surface area contributed by atoms with Crippen LogP contribution in [0.4, 0.5) is 4.79 Å². The first-order valence-corrected chi connectivity index (χ1v) is 6.80. The Morgan fingerprint density at radius 1 is 1.30 bits per heavy atom. The molecule has 0 spiro atoms. The van der Waals surface area contributed by atoms with Crippen LogP contribution in [-0.2, 0) is 26.7 Å². The Morgan fingerprint density at radius 2 is 1.85 bits per heavy atom. The van der Waals surface area contributed by atoms with E-state index in [1.54, 1.807) is 6.92 Å². The van der Waals surface area contributed by atoms with E-state index in [0.717, 1.165) is 11.1 Å². The Hall–Kier alpha value is -1.30. The number of rotatable bonds is 5. The van der Waals surface area contributed by atoms with Gasteiger partial charge < -0.3 is 19.3 Å². The molecule has 1 heterocycles. The van der Waals surface area contributed by atoms with Crippen LogP contribution in [0.5, 0.6) is 0 Å². The van der Waals surface area contributed by atoms with E-state index < -0.39 is 17.9 Å². The third kappa shape index (κ3) is 3.62. The molecule has 1 N–H and O–H groups in total. The van der Waals surface area contributed by atoms with Crippen molar-refractivity contribution in [3.05, 3.63) is 35.4 Å². The quantitative estimate of drug-likeness (QED) is 0.514. The lowest BCUT2D eigenvalue weighted by Crippen LogP contribution is -2.46. The maximum Gasteiger partial charge on any atom is 0.508 e. The van der Waals surface area contributed by atoms with Crippen molar-refractivity contribution in [3.63, 3.8) is 0 Å². The predicted octanol–water partition coefficient (Wildman–Crippen LogP) is 2.43. The molecule has 1 aliphatic heterocycles. The predicted molar refractivity (Wildman–Crippen MR) is 72.2 cm³/mol. The topological polar surface area (TPSA) is 65.0 Å². The van der Waals surface area contributed by atoms with Gasteiger partial charge in [0.05, 0.1) is 12.0 Å². The second kappa shape index (κ2) is 6.43. The van der Waals surface area contributed by atoms with Crippen LogP contribution < -0.4 is 0 Å². The normalized spacial score (nSPS) is 19.1. The number of ether oxygens (including phenoxy) is 3. The van der Waals surface area contributed by atoms with Crippen LogP contribution in [0.1, 0.15) is 18.1 Å². The summed E-state index contributed by atoms with van der Waals surface area (Å²) >= 11 is 5.71. The van der Waals surface area contributed by atoms with Gasteiger partial charge in [0.15, 0.2) is 6.29 Å². The third-order valence-corrected chi connectivity index (χ3v) is 3.53. The van der Waals surface area contributed by atoms with E-state index in [-0.39, 0.29) is 19.8 Å². The van der Waals surface area contributed by atoms with Crippen LogP contribution in [0, 0.1) is 5.41 Å². The number of benzene rings is 1. The molecule has 0 radical (unpaired) electrons. The molecule has 1 fully saturated rings. The SMILES string of the molecule is CC1(C(O)OCc2ccc(CCl)cc2)COC(=O)OC1. The van der Waals surface area contributed by atoms with Crippen LogP contribution in [0.3, 0.4) is 0 Å². The van der Waals surface area contributed by atoms with Crippen molar-refractivity contribution in [3.8, 4) is 0 Å². The maximum absolute atomic E-state index is 10.8. The van der Waals surface area contributed by atoms with Gasteiger partial charge in [0, 0.05) is 5.88 Å². The van der Waals surface area contributed by atoms with Gasteiger partial charge in [0.1, 0.15) is 13.2 Å². The molecule has 0 aromatic heterocycles. The first-order chi connectivity index (χ1) is 9.53. The summed E-state index contributed by atoms with van der Waals surface area (Å²) in [6, 6.07) is 7.60. The standard InChI is InChI=1S/C14H17ClO5/c1-14(8-19-13(17)20-9-14)12(16)18-7-11-4-2-10(6-15)3-5-11/h2-5,12,16H,6-9H2,1H3. The van der Waals surface area contributed by atoms with Crippen LogP contribution in [-0.4, -0.2) is 30.8 Å². The first kappa shape index (κ1) is 15.1. The summed E-state index contributed by atoms with van der Waals surface area (Å²) < 4.78 is 15.0. The number of aliphatic hydroxyl groups excluding tert-OH is 1. The molecule has 1 unspecified atom stereocenters. The molecule has 0 amide bonds. The molecule has 6 heteroatoms.